The average Bonchev–Trinajstić information content (AvgIpc) is 2.88. The molecule has 1 unspecified atom stereocenters. The van der Waals surface area contributed by atoms with Gasteiger partial charge in [-0.25, -0.2) is 8.42 Å². The lowest BCUT2D eigenvalue weighted by molar-refractivity contribution is -0.141. The van der Waals surface area contributed by atoms with Gasteiger partial charge in [0, 0.05) is 17.1 Å². The summed E-state index contributed by atoms with van der Waals surface area (Å²) in [6, 6.07) is 21.1. The zero-order valence-electron chi connectivity index (χ0n) is 23.0. The molecule has 0 bridgehead atoms. The largest absolute Gasteiger partial charge is 0.350 e. The van der Waals surface area contributed by atoms with Crippen molar-refractivity contribution in [1.82, 2.24) is 10.2 Å². The zero-order chi connectivity index (χ0) is 28.8. The van der Waals surface area contributed by atoms with Gasteiger partial charge in [0.1, 0.15) is 12.6 Å². The standard InChI is InChI=1S/C30H36ClN3O4S/c1-6-27(29(36)32-30(3,4)5)33(20-23-14-16-24(31)17-15-23)28(35)21-34(25-18-12-22(2)13-19-25)39(37,38)26-10-8-7-9-11-26/h7-19,27H,6,20-21H2,1-5H3,(H,32,36). The summed E-state index contributed by atoms with van der Waals surface area (Å²) in [6.07, 6.45) is 0.344. The number of hydrogen-bond acceptors (Lipinski definition) is 4. The summed E-state index contributed by atoms with van der Waals surface area (Å²) in [7, 11) is -4.09. The maximum absolute atomic E-state index is 14.0. The van der Waals surface area contributed by atoms with E-state index in [4.69, 9.17) is 11.6 Å². The van der Waals surface area contributed by atoms with Crippen molar-refractivity contribution in [2.75, 3.05) is 10.8 Å². The van der Waals surface area contributed by atoms with Crippen LogP contribution in [-0.4, -0.2) is 43.3 Å². The fourth-order valence-electron chi connectivity index (χ4n) is 4.12. The highest BCUT2D eigenvalue weighted by Crippen LogP contribution is 2.25. The molecule has 0 aliphatic rings. The van der Waals surface area contributed by atoms with Gasteiger partial charge in [-0.1, -0.05) is 66.6 Å². The number of aryl methyl sites for hydroxylation is 1. The number of sulfonamides is 1. The number of nitrogens with one attached hydrogen (secondary N) is 1. The van der Waals surface area contributed by atoms with Crippen LogP contribution in [0.2, 0.25) is 5.02 Å². The molecule has 0 aliphatic heterocycles. The summed E-state index contributed by atoms with van der Waals surface area (Å²) < 4.78 is 28.7. The molecule has 0 aliphatic carbocycles. The number of hydrogen-bond donors (Lipinski definition) is 1. The van der Waals surface area contributed by atoms with Crippen LogP contribution in [0.3, 0.4) is 0 Å². The Kier molecular flexibility index (Phi) is 9.80. The molecular formula is C30H36ClN3O4S. The number of anilines is 1. The molecule has 0 heterocycles. The van der Waals surface area contributed by atoms with Crippen LogP contribution < -0.4 is 9.62 Å². The summed E-state index contributed by atoms with van der Waals surface area (Å²) in [6.45, 7) is 8.97. The molecule has 3 aromatic rings. The van der Waals surface area contributed by atoms with E-state index in [9.17, 15) is 18.0 Å². The first-order valence-corrected chi connectivity index (χ1v) is 14.6. The average molecular weight is 570 g/mol. The SMILES string of the molecule is CCC(C(=O)NC(C)(C)C)N(Cc1ccc(Cl)cc1)C(=O)CN(c1ccc(C)cc1)S(=O)(=O)c1ccccc1. The van der Waals surface area contributed by atoms with E-state index in [1.807, 2.05) is 34.6 Å². The summed E-state index contributed by atoms with van der Waals surface area (Å²) in [5.41, 5.74) is 1.57. The van der Waals surface area contributed by atoms with Crippen LogP contribution in [-0.2, 0) is 26.2 Å². The van der Waals surface area contributed by atoms with Gasteiger partial charge in [0.05, 0.1) is 10.6 Å². The van der Waals surface area contributed by atoms with Gasteiger partial charge in [0.2, 0.25) is 11.8 Å². The van der Waals surface area contributed by atoms with Gasteiger partial charge in [0.25, 0.3) is 10.0 Å². The molecule has 2 amide bonds. The molecule has 39 heavy (non-hydrogen) atoms. The Morgan fingerprint density at radius 2 is 1.51 bits per heavy atom. The minimum Gasteiger partial charge on any atom is -0.350 e. The number of carbonyl (C=O) groups excluding carboxylic acids is 2. The van der Waals surface area contributed by atoms with Crippen molar-refractivity contribution in [3.8, 4) is 0 Å². The quantitative estimate of drug-likeness (QED) is 0.346. The molecule has 0 saturated carbocycles. The van der Waals surface area contributed by atoms with Crippen molar-refractivity contribution < 1.29 is 18.0 Å². The van der Waals surface area contributed by atoms with Crippen molar-refractivity contribution in [1.29, 1.82) is 0 Å². The predicted octanol–water partition coefficient (Wildman–Crippen LogP) is 5.57. The first kappa shape index (κ1) is 30.2. The van der Waals surface area contributed by atoms with Crippen LogP contribution in [0.15, 0.2) is 83.8 Å². The van der Waals surface area contributed by atoms with Gasteiger partial charge in [-0.15, -0.1) is 0 Å². The molecule has 1 N–H and O–H groups in total. The van der Waals surface area contributed by atoms with Crippen molar-refractivity contribution in [3.63, 3.8) is 0 Å². The lowest BCUT2D eigenvalue weighted by Gasteiger charge is -2.34. The van der Waals surface area contributed by atoms with E-state index in [2.05, 4.69) is 5.32 Å². The Labute approximate surface area is 236 Å². The Morgan fingerprint density at radius 3 is 2.05 bits per heavy atom. The lowest BCUT2D eigenvalue weighted by Crippen LogP contribution is -2.55. The van der Waals surface area contributed by atoms with Crippen LogP contribution in [0.25, 0.3) is 0 Å². The Bertz CT molecular complexity index is 1370. The molecule has 1 atom stereocenters. The highest BCUT2D eigenvalue weighted by atomic mass is 35.5. The van der Waals surface area contributed by atoms with E-state index in [-0.39, 0.29) is 17.3 Å². The predicted molar refractivity (Wildman–Crippen MR) is 156 cm³/mol. The maximum atomic E-state index is 14.0. The van der Waals surface area contributed by atoms with Crippen molar-refractivity contribution >= 4 is 39.1 Å². The van der Waals surface area contributed by atoms with Gasteiger partial charge >= 0.3 is 0 Å². The Morgan fingerprint density at radius 1 is 0.923 bits per heavy atom. The summed E-state index contributed by atoms with van der Waals surface area (Å²) in [5, 5.41) is 3.51. The van der Waals surface area contributed by atoms with Gasteiger partial charge in [-0.2, -0.15) is 0 Å². The van der Waals surface area contributed by atoms with Crippen LogP contribution in [0.4, 0.5) is 5.69 Å². The third-order valence-corrected chi connectivity index (χ3v) is 8.12. The van der Waals surface area contributed by atoms with Crippen molar-refractivity contribution in [3.05, 3.63) is 95.0 Å². The molecule has 3 rings (SSSR count). The normalized spacial score (nSPS) is 12.5. The number of rotatable bonds is 10. The molecule has 0 radical (unpaired) electrons. The van der Waals surface area contributed by atoms with E-state index < -0.39 is 34.1 Å². The van der Waals surface area contributed by atoms with Crippen molar-refractivity contribution in [2.24, 2.45) is 0 Å². The molecule has 0 saturated heterocycles. The molecule has 3 aromatic carbocycles. The first-order chi connectivity index (χ1) is 18.3. The molecule has 0 aromatic heterocycles. The second-order valence-corrected chi connectivity index (χ2v) is 12.8. The second-order valence-electron chi connectivity index (χ2n) is 10.5. The van der Waals surface area contributed by atoms with E-state index in [1.54, 1.807) is 66.7 Å². The van der Waals surface area contributed by atoms with Gasteiger partial charge in [0.15, 0.2) is 0 Å². The minimum atomic E-state index is -4.09. The molecule has 0 spiro atoms. The fraction of sp³-hybridized carbons (Fsp3) is 0.333. The lowest BCUT2D eigenvalue weighted by atomic mass is 10.1. The van der Waals surface area contributed by atoms with E-state index in [1.165, 1.54) is 17.0 Å². The third-order valence-electron chi connectivity index (χ3n) is 6.08. The van der Waals surface area contributed by atoms with Crippen molar-refractivity contribution in [2.45, 2.75) is 64.1 Å². The van der Waals surface area contributed by atoms with Gasteiger partial charge < -0.3 is 10.2 Å². The van der Waals surface area contributed by atoms with Crippen LogP contribution in [0.5, 0.6) is 0 Å². The Hall–Kier alpha value is -3.36. The number of halogens is 1. The van der Waals surface area contributed by atoms with E-state index >= 15 is 0 Å². The number of nitrogens with zero attached hydrogens (tertiary/aromatic N) is 2. The van der Waals surface area contributed by atoms with Crippen LogP contribution in [0, 0.1) is 6.92 Å². The Balaban J connectivity index is 2.05. The van der Waals surface area contributed by atoms with Crippen LogP contribution >= 0.6 is 11.6 Å². The summed E-state index contributed by atoms with van der Waals surface area (Å²) >= 11 is 6.06. The van der Waals surface area contributed by atoms with E-state index in [0.29, 0.717) is 17.1 Å². The highest BCUT2D eigenvalue weighted by molar-refractivity contribution is 7.92. The maximum Gasteiger partial charge on any atom is 0.264 e. The monoisotopic (exact) mass is 569 g/mol. The topological polar surface area (TPSA) is 86.8 Å². The highest BCUT2D eigenvalue weighted by Gasteiger charge is 2.34. The summed E-state index contributed by atoms with van der Waals surface area (Å²) in [5.74, 6) is -0.805. The zero-order valence-corrected chi connectivity index (χ0v) is 24.6. The molecule has 0 fully saturated rings. The number of benzene rings is 3. The molecule has 9 heteroatoms. The first-order valence-electron chi connectivity index (χ1n) is 12.8. The van der Waals surface area contributed by atoms with E-state index in [0.717, 1.165) is 15.4 Å². The number of amides is 2. The smallest absolute Gasteiger partial charge is 0.264 e. The minimum absolute atomic E-state index is 0.0696. The molecular weight excluding hydrogens is 534 g/mol. The fourth-order valence-corrected chi connectivity index (χ4v) is 5.68. The second kappa shape index (κ2) is 12.7. The summed E-state index contributed by atoms with van der Waals surface area (Å²) in [4.78, 5) is 28.9. The molecule has 208 valence electrons. The van der Waals surface area contributed by atoms with Gasteiger partial charge in [-0.3, -0.25) is 13.9 Å². The van der Waals surface area contributed by atoms with Crippen LogP contribution in [0.1, 0.15) is 45.2 Å². The third kappa shape index (κ3) is 8.07. The van der Waals surface area contributed by atoms with Gasteiger partial charge in [-0.05, 0) is 76.1 Å². The number of carbonyl (C=O) groups is 2. The molecule has 7 nitrogen and oxygen atoms in total.